The van der Waals surface area contributed by atoms with Crippen molar-refractivity contribution in [3.63, 3.8) is 0 Å². The van der Waals surface area contributed by atoms with Crippen LogP contribution in [0.5, 0.6) is 0 Å². The number of carbonyl (C=O) groups excluding carboxylic acids is 1. The van der Waals surface area contributed by atoms with Gasteiger partial charge in [0.25, 0.3) is 0 Å². The molecule has 2 atom stereocenters. The highest BCUT2D eigenvalue weighted by Gasteiger charge is 2.38. The molecule has 1 aromatic carbocycles. The van der Waals surface area contributed by atoms with Crippen LogP contribution >= 0.6 is 18.1 Å². The van der Waals surface area contributed by atoms with E-state index in [2.05, 4.69) is 12.0 Å². The molecule has 0 fully saturated rings. The molecule has 5 nitrogen and oxygen atoms in total. The first-order chi connectivity index (χ1) is 11.7. The topological polar surface area (TPSA) is 64.6 Å². The monoisotopic (exact) mass is 383 g/mol. The molecule has 1 N–H and O–H groups in total. The van der Waals surface area contributed by atoms with Crippen LogP contribution in [0.1, 0.15) is 32.8 Å². The van der Waals surface area contributed by atoms with Crippen molar-refractivity contribution < 1.29 is 18.6 Å². The fraction of sp³-hybridized carbons (Fsp3) is 0.389. The number of halogens is 1. The van der Waals surface area contributed by atoms with Crippen molar-refractivity contribution in [1.29, 1.82) is 0 Å². The fourth-order valence-electron chi connectivity index (χ4n) is 2.22. The number of esters is 1. The standard InChI is InChI=1S/C18H23ClNO4P/c1-14-9-11-16(12-10-14)24-25(19,22)20-18(2,3)17(21)23-13-15-7-5-4-6-8-15/h4-9,11-12,14H,10,13H2,1-3H3,(H,20,22). The molecular formula is C18H23ClNO4P. The Hall–Kier alpha value is -1.55. The molecule has 0 aliphatic heterocycles. The molecule has 25 heavy (non-hydrogen) atoms. The molecule has 1 aliphatic carbocycles. The maximum atomic E-state index is 12.5. The predicted molar refractivity (Wildman–Crippen MR) is 99.0 cm³/mol. The lowest BCUT2D eigenvalue weighted by Gasteiger charge is -2.27. The van der Waals surface area contributed by atoms with Crippen molar-refractivity contribution in [2.24, 2.45) is 5.92 Å². The maximum absolute atomic E-state index is 12.5. The van der Waals surface area contributed by atoms with Gasteiger partial charge in [-0.25, -0.2) is 9.65 Å². The number of carbonyl (C=O) groups is 1. The summed E-state index contributed by atoms with van der Waals surface area (Å²) >= 11 is 5.99. The van der Waals surface area contributed by atoms with E-state index in [9.17, 15) is 9.36 Å². The van der Waals surface area contributed by atoms with E-state index >= 15 is 0 Å². The van der Waals surface area contributed by atoms with E-state index in [0.717, 1.165) is 12.0 Å². The van der Waals surface area contributed by atoms with Gasteiger partial charge in [-0.2, -0.15) is 0 Å². The smallest absolute Gasteiger partial charge is 0.410 e. The minimum absolute atomic E-state index is 0.129. The maximum Gasteiger partial charge on any atom is 0.410 e. The Morgan fingerprint density at radius 1 is 1.36 bits per heavy atom. The Labute approximate surface area is 153 Å². The van der Waals surface area contributed by atoms with Crippen LogP contribution in [-0.4, -0.2) is 11.5 Å². The Kier molecular flexibility index (Phi) is 6.50. The van der Waals surface area contributed by atoms with E-state index in [1.54, 1.807) is 19.9 Å². The number of nitrogens with one attached hydrogen (secondary N) is 1. The van der Waals surface area contributed by atoms with Crippen LogP contribution in [0.3, 0.4) is 0 Å². The summed E-state index contributed by atoms with van der Waals surface area (Å²) in [6.07, 6.45) is 6.28. The first-order valence-electron chi connectivity index (χ1n) is 8.06. The van der Waals surface area contributed by atoms with Crippen molar-refractivity contribution in [1.82, 2.24) is 5.09 Å². The van der Waals surface area contributed by atoms with Gasteiger partial charge in [0.2, 0.25) is 0 Å². The molecule has 1 aliphatic rings. The Morgan fingerprint density at radius 2 is 2.04 bits per heavy atom. The summed E-state index contributed by atoms with van der Waals surface area (Å²) in [4.78, 5) is 12.3. The van der Waals surface area contributed by atoms with Crippen LogP contribution in [0.25, 0.3) is 0 Å². The van der Waals surface area contributed by atoms with E-state index in [1.807, 2.05) is 42.5 Å². The van der Waals surface area contributed by atoms with Gasteiger partial charge in [0.1, 0.15) is 17.9 Å². The van der Waals surface area contributed by atoms with Gasteiger partial charge in [0.15, 0.2) is 0 Å². The highest BCUT2D eigenvalue weighted by atomic mass is 35.7. The number of benzene rings is 1. The van der Waals surface area contributed by atoms with E-state index in [4.69, 9.17) is 20.5 Å². The normalized spacial score (nSPS) is 19.7. The second-order valence-corrected chi connectivity index (χ2v) is 9.25. The van der Waals surface area contributed by atoms with E-state index in [1.165, 1.54) is 0 Å². The van der Waals surface area contributed by atoms with Gasteiger partial charge < -0.3 is 9.26 Å². The second kappa shape index (κ2) is 8.22. The average molecular weight is 384 g/mol. The van der Waals surface area contributed by atoms with Crippen molar-refractivity contribution in [3.05, 3.63) is 59.9 Å². The van der Waals surface area contributed by atoms with E-state index in [0.29, 0.717) is 11.7 Å². The summed E-state index contributed by atoms with van der Waals surface area (Å²) in [6, 6.07) is 9.31. The lowest BCUT2D eigenvalue weighted by molar-refractivity contribution is -0.150. The summed E-state index contributed by atoms with van der Waals surface area (Å²) < 4.78 is 23.1. The van der Waals surface area contributed by atoms with Crippen LogP contribution in [-0.2, 0) is 25.2 Å². The minimum atomic E-state index is -3.75. The number of hydrogen-bond acceptors (Lipinski definition) is 4. The van der Waals surface area contributed by atoms with Crippen molar-refractivity contribution in [2.75, 3.05) is 0 Å². The van der Waals surface area contributed by atoms with Crippen LogP contribution in [0.15, 0.2) is 54.3 Å². The Morgan fingerprint density at radius 3 is 2.64 bits per heavy atom. The van der Waals surface area contributed by atoms with E-state index in [-0.39, 0.29) is 6.61 Å². The van der Waals surface area contributed by atoms with Gasteiger partial charge in [-0.05, 0) is 43.9 Å². The first-order valence-corrected chi connectivity index (χ1v) is 10.6. The van der Waals surface area contributed by atoms with Gasteiger partial charge in [0, 0.05) is 11.2 Å². The molecule has 0 aromatic heterocycles. The third-order valence-corrected chi connectivity index (χ3v) is 5.37. The molecule has 0 bridgehead atoms. The molecule has 7 heteroatoms. The van der Waals surface area contributed by atoms with E-state index < -0.39 is 18.4 Å². The summed E-state index contributed by atoms with van der Waals surface area (Å²) in [7, 11) is 0. The Bertz CT molecular complexity index is 715. The molecule has 0 saturated heterocycles. The third kappa shape index (κ3) is 6.35. The molecule has 2 rings (SSSR count). The molecule has 0 saturated carbocycles. The number of ether oxygens (including phenoxy) is 1. The SMILES string of the molecule is CC1C=CC(OP(=O)(Cl)NC(C)(C)C(=O)OCc2ccccc2)=CC1. The highest BCUT2D eigenvalue weighted by Crippen LogP contribution is 2.52. The highest BCUT2D eigenvalue weighted by molar-refractivity contribution is 7.83. The summed E-state index contributed by atoms with van der Waals surface area (Å²) in [5.41, 5.74) is -0.401. The molecule has 0 spiro atoms. The second-order valence-electron chi connectivity index (χ2n) is 6.55. The minimum Gasteiger partial charge on any atom is -0.459 e. The predicted octanol–water partition coefficient (Wildman–Crippen LogP) is 4.94. The average Bonchev–Trinajstić information content (AvgIpc) is 2.54. The van der Waals surface area contributed by atoms with Crippen molar-refractivity contribution in [3.8, 4) is 0 Å². The Balaban J connectivity index is 1.92. The zero-order valence-electron chi connectivity index (χ0n) is 14.6. The largest absolute Gasteiger partial charge is 0.459 e. The molecule has 0 amide bonds. The molecular weight excluding hydrogens is 361 g/mol. The van der Waals surface area contributed by atoms with Gasteiger partial charge >= 0.3 is 12.8 Å². The molecule has 1 aromatic rings. The van der Waals surface area contributed by atoms with Crippen molar-refractivity contribution >= 4 is 24.1 Å². The van der Waals surface area contributed by atoms with Gasteiger partial charge in [0.05, 0.1) is 0 Å². The first kappa shape index (κ1) is 19.8. The van der Waals surface area contributed by atoms with Crippen LogP contribution < -0.4 is 5.09 Å². The number of rotatable bonds is 7. The zero-order chi connectivity index (χ0) is 18.5. The molecule has 2 unspecified atom stereocenters. The number of allylic oxidation sites excluding steroid dienone is 3. The van der Waals surface area contributed by atoms with Crippen LogP contribution in [0.4, 0.5) is 0 Å². The molecule has 0 heterocycles. The zero-order valence-corrected chi connectivity index (χ0v) is 16.2. The molecule has 0 radical (unpaired) electrons. The van der Waals surface area contributed by atoms with Crippen LogP contribution in [0.2, 0.25) is 0 Å². The molecule has 136 valence electrons. The van der Waals surface area contributed by atoms with Crippen LogP contribution in [0, 0.1) is 5.92 Å². The summed E-state index contributed by atoms with van der Waals surface area (Å²) in [5.74, 6) is 0.263. The van der Waals surface area contributed by atoms with Crippen molar-refractivity contribution in [2.45, 2.75) is 39.3 Å². The van der Waals surface area contributed by atoms with Gasteiger partial charge in [-0.1, -0.05) is 43.3 Å². The lowest BCUT2D eigenvalue weighted by atomic mass is 10.0. The summed E-state index contributed by atoms with van der Waals surface area (Å²) in [6.45, 7) is 1.54. The summed E-state index contributed by atoms with van der Waals surface area (Å²) in [5, 5.41) is 2.58. The third-order valence-electron chi connectivity index (χ3n) is 3.64. The number of hydrogen-bond donors (Lipinski definition) is 1. The fourth-order valence-corrected chi connectivity index (χ4v) is 4.30. The van der Waals surface area contributed by atoms with Gasteiger partial charge in [-0.15, -0.1) is 0 Å². The lowest BCUT2D eigenvalue weighted by Crippen LogP contribution is -2.45. The quantitative estimate of drug-likeness (QED) is 0.533. The van der Waals surface area contributed by atoms with Gasteiger partial charge in [-0.3, -0.25) is 4.79 Å².